The molecule has 33 heavy (non-hydrogen) atoms. The molecule has 0 aliphatic heterocycles. The van der Waals surface area contributed by atoms with E-state index in [1.54, 1.807) is 24.3 Å². The van der Waals surface area contributed by atoms with Crippen molar-refractivity contribution >= 4 is 28.4 Å². The first-order chi connectivity index (χ1) is 15.9. The molecule has 0 aliphatic carbocycles. The smallest absolute Gasteiger partial charge is 0.332 e. The summed E-state index contributed by atoms with van der Waals surface area (Å²) in [4.78, 5) is 50.9. The molecule has 0 saturated heterocycles. The Kier molecular flexibility index (Phi) is 6.16. The van der Waals surface area contributed by atoms with Crippen LogP contribution in [0.3, 0.4) is 0 Å². The molecule has 0 fully saturated rings. The van der Waals surface area contributed by atoms with Crippen molar-refractivity contribution in [1.82, 2.24) is 14.5 Å². The molecule has 2 aromatic heterocycles. The van der Waals surface area contributed by atoms with Gasteiger partial charge in [0.05, 0.1) is 23.7 Å². The number of anilines is 1. The lowest BCUT2D eigenvalue weighted by Gasteiger charge is -2.14. The van der Waals surface area contributed by atoms with Crippen LogP contribution in [0.5, 0.6) is 0 Å². The average Bonchev–Trinajstić information content (AvgIpc) is 3.32. The van der Waals surface area contributed by atoms with Crippen molar-refractivity contribution in [2.24, 2.45) is 0 Å². The van der Waals surface area contributed by atoms with Crippen LogP contribution >= 0.6 is 0 Å². The quantitative estimate of drug-likeness (QED) is 0.446. The van der Waals surface area contributed by atoms with Gasteiger partial charge in [0.1, 0.15) is 24.7 Å². The van der Waals surface area contributed by atoms with Crippen molar-refractivity contribution in [2.75, 3.05) is 5.32 Å². The van der Waals surface area contributed by atoms with Gasteiger partial charge in [0, 0.05) is 5.69 Å². The number of carbonyl (C=O) groups excluding carboxylic acids is 2. The highest BCUT2D eigenvalue weighted by Gasteiger charge is 2.17. The van der Waals surface area contributed by atoms with Crippen LogP contribution in [0, 0.1) is 5.82 Å². The number of furan rings is 1. The van der Waals surface area contributed by atoms with E-state index < -0.39 is 42.0 Å². The minimum atomic E-state index is -0.818. The van der Waals surface area contributed by atoms with E-state index in [0.29, 0.717) is 5.76 Å². The molecule has 0 atom stereocenters. The fourth-order valence-electron chi connectivity index (χ4n) is 3.37. The first kappa shape index (κ1) is 21.8. The SMILES string of the molecule is O=C(Cn1c(=O)c2ccccc2n(CC(=O)Nc2cccc(F)c2)c1=O)NCc1ccco1. The van der Waals surface area contributed by atoms with Crippen molar-refractivity contribution in [3.05, 3.63) is 99.3 Å². The van der Waals surface area contributed by atoms with Crippen LogP contribution in [-0.2, 0) is 29.2 Å². The molecule has 168 valence electrons. The topological polar surface area (TPSA) is 115 Å². The lowest BCUT2D eigenvalue weighted by atomic mass is 10.2. The minimum Gasteiger partial charge on any atom is -0.467 e. The van der Waals surface area contributed by atoms with Gasteiger partial charge in [-0.1, -0.05) is 18.2 Å². The molecule has 4 aromatic rings. The van der Waals surface area contributed by atoms with E-state index in [2.05, 4.69) is 10.6 Å². The van der Waals surface area contributed by atoms with Crippen LogP contribution in [0.25, 0.3) is 10.9 Å². The third-order valence-corrected chi connectivity index (χ3v) is 4.88. The van der Waals surface area contributed by atoms with Gasteiger partial charge in [0.2, 0.25) is 11.8 Å². The monoisotopic (exact) mass is 450 g/mol. The van der Waals surface area contributed by atoms with Gasteiger partial charge >= 0.3 is 5.69 Å². The van der Waals surface area contributed by atoms with Gasteiger partial charge in [0.25, 0.3) is 5.56 Å². The Bertz CT molecular complexity index is 1440. The van der Waals surface area contributed by atoms with E-state index in [4.69, 9.17) is 4.42 Å². The Morgan fingerprint density at radius 1 is 0.909 bits per heavy atom. The summed E-state index contributed by atoms with van der Waals surface area (Å²) in [6.07, 6.45) is 1.46. The Morgan fingerprint density at radius 3 is 2.45 bits per heavy atom. The summed E-state index contributed by atoms with van der Waals surface area (Å²) >= 11 is 0. The predicted octanol–water partition coefficient (Wildman–Crippen LogP) is 1.85. The van der Waals surface area contributed by atoms with Gasteiger partial charge in [-0.3, -0.25) is 23.5 Å². The summed E-state index contributed by atoms with van der Waals surface area (Å²) in [5.74, 6) is -1.18. The molecule has 10 heteroatoms. The number of benzene rings is 2. The molecule has 0 bridgehead atoms. The number of hydrogen-bond donors (Lipinski definition) is 2. The Labute approximate surface area is 186 Å². The summed E-state index contributed by atoms with van der Waals surface area (Å²) in [5, 5.41) is 5.27. The van der Waals surface area contributed by atoms with Gasteiger partial charge in [-0.25, -0.2) is 9.18 Å². The highest BCUT2D eigenvalue weighted by Crippen LogP contribution is 2.11. The zero-order valence-corrected chi connectivity index (χ0v) is 17.3. The van der Waals surface area contributed by atoms with E-state index in [9.17, 15) is 23.6 Å². The zero-order chi connectivity index (χ0) is 23.4. The van der Waals surface area contributed by atoms with Crippen LogP contribution in [-0.4, -0.2) is 20.9 Å². The van der Waals surface area contributed by atoms with Crippen LogP contribution in [0.2, 0.25) is 0 Å². The first-order valence-electron chi connectivity index (χ1n) is 9.99. The number of aromatic nitrogens is 2. The predicted molar refractivity (Wildman–Crippen MR) is 118 cm³/mol. The summed E-state index contributed by atoms with van der Waals surface area (Å²) in [6.45, 7) is -0.878. The average molecular weight is 450 g/mol. The first-order valence-corrected chi connectivity index (χ1v) is 9.99. The fraction of sp³-hybridized carbons (Fsp3) is 0.130. The van der Waals surface area contributed by atoms with Gasteiger partial charge in [-0.05, 0) is 42.5 Å². The number of nitrogens with one attached hydrogen (secondary N) is 2. The summed E-state index contributed by atoms with van der Waals surface area (Å²) < 4.78 is 20.4. The van der Waals surface area contributed by atoms with Gasteiger partial charge in [-0.2, -0.15) is 0 Å². The molecular weight excluding hydrogens is 431 g/mol. The Hall–Kier alpha value is -4.47. The van der Waals surface area contributed by atoms with Crippen molar-refractivity contribution in [3.8, 4) is 0 Å². The van der Waals surface area contributed by atoms with Crippen molar-refractivity contribution in [1.29, 1.82) is 0 Å². The molecule has 2 N–H and O–H groups in total. The molecule has 0 spiro atoms. The maximum atomic E-state index is 13.4. The van der Waals surface area contributed by atoms with E-state index in [-0.39, 0.29) is 23.1 Å². The lowest BCUT2D eigenvalue weighted by Crippen LogP contribution is -2.44. The fourth-order valence-corrected chi connectivity index (χ4v) is 3.37. The number of para-hydroxylation sites is 1. The number of amides is 2. The maximum absolute atomic E-state index is 13.4. The van der Waals surface area contributed by atoms with E-state index in [1.165, 1.54) is 36.6 Å². The van der Waals surface area contributed by atoms with Crippen molar-refractivity contribution in [3.63, 3.8) is 0 Å². The van der Waals surface area contributed by atoms with Crippen molar-refractivity contribution in [2.45, 2.75) is 19.6 Å². The van der Waals surface area contributed by atoms with Crippen LogP contribution < -0.4 is 21.9 Å². The molecule has 0 radical (unpaired) electrons. The molecule has 9 nitrogen and oxygen atoms in total. The molecule has 2 aromatic carbocycles. The minimum absolute atomic E-state index is 0.0956. The molecular formula is C23H19FN4O5. The molecule has 2 heterocycles. The third-order valence-electron chi connectivity index (χ3n) is 4.88. The Morgan fingerprint density at radius 2 is 1.70 bits per heavy atom. The molecule has 0 unspecified atom stereocenters. The van der Waals surface area contributed by atoms with Gasteiger partial charge < -0.3 is 15.1 Å². The highest BCUT2D eigenvalue weighted by molar-refractivity contribution is 5.91. The summed E-state index contributed by atoms with van der Waals surface area (Å²) in [7, 11) is 0. The van der Waals surface area contributed by atoms with Crippen LogP contribution in [0.4, 0.5) is 10.1 Å². The highest BCUT2D eigenvalue weighted by atomic mass is 19.1. The molecule has 4 rings (SSSR count). The van der Waals surface area contributed by atoms with E-state index in [0.717, 1.165) is 15.2 Å². The van der Waals surface area contributed by atoms with Crippen LogP contribution in [0.1, 0.15) is 5.76 Å². The normalized spacial score (nSPS) is 10.8. The molecule has 0 saturated carbocycles. The second-order valence-corrected chi connectivity index (χ2v) is 7.19. The number of nitrogens with zero attached hydrogens (tertiary/aromatic N) is 2. The number of fused-ring (bicyclic) bond motifs is 1. The lowest BCUT2D eigenvalue weighted by molar-refractivity contribution is -0.122. The van der Waals surface area contributed by atoms with Gasteiger partial charge in [0.15, 0.2) is 0 Å². The summed E-state index contributed by atoms with van der Waals surface area (Å²) in [5.41, 5.74) is -0.996. The standard InChI is InChI=1S/C23H19FN4O5/c24-15-5-3-6-16(11-15)26-21(30)14-27-19-9-2-1-8-18(19)22(31)28(23(27)32)13-20(29)25-12-17-7-4-10-33-17/h1-11H,12-14H2,(H,25,29)(H,26,30). The van der Waals surface area contributed by atoms with E-state index >= 15 is 0 Å². The number of hydrogen-bond acceptors (Lipinski definition) is 5. The number of rotatable bonds is 7. The largest absolute Gasteiger partial charge is 0.467 e. The van der Waals surface area contributed by atoms with Crippen LogP contribution in [0.15, 0.2) is 80.9 Å². The molecule has 0 aliphatic rings. The second kappa shape index (κ2) is 9.35. The number of halogens is 1. The third kappa shape index (κ3) is 4.90. The zero-order valence-electron chi connectivity index (χ0n) is 17.3. The second-order valence-electron chi connectivity index (χ2n) is 7.19. The van der Waals surface area contributed by atoms with E-state index in [1.807, 2.05) is 0 Å². The summed E-state index contributed by atoms with van der Waals surface area (Å²) in [6, 6.07) is 15.0. The van der Waals surface area contributed by atoms with Crippen molar-refractivity contribution < 1.29 is 18.4 Å². The Balaban J connectivity index is 1.63. The maximum Gasteiger partial charge on any atom is 0.332 e. The molecule has 2 amide bonds. The van der Waals surface area contributed by atoms with Gasteiger partial charge in [-0.15, -0.1) is 0 Å². The number of carbonyl (C=O) groups is 2.